The molecule has 98 valence electrons. The Kier molecular flexibility index (Phi) is 3.32. The summed E-state index contributed by atoms with van der Waals surface area (Å²) in [6, 6.07) is 5.48. The second kappa shape index (κ2) is 4.62. The summed E-state index contributed by atoms with van der Waals surface area (Å²) in [4.78, 5) is 3.16. The Balaban J connectivity index is 2.41. The van der Waals surface area contributed by atoms with Gasteiger partial charge in [-0.25, -0.2) is 0 Å². The molecule has 0 aliphatic carbocycles. The van der Waals surface area contributed by atoms with Crippen LogP contribution in [0.25, 0.3) is 10.9 Å². The van der Waals surface area contributed by atoms with Gasteiger partial charge in [-0.3, -0.25) is 4.72 Å². The Bertz CT molecular complexity index is 659. The summed E-state index contributed by atoms with van der Waals surface area (Å²) < 4.78 is 27.2. The molecule has 0 amide bonds. The van der Waals surface area contributed by atoms with Gasteiger partial charge in [0, 0.05) is 31.2 Å². The molecular weight excluding hydrogens is 250 g/mol. The van der Waals surface area contributed by atoms with Crippen molar-refractivity contribution in [2.45, 2.75) is 13.3 Å². The highest BCUT2D eigenvalue weighted by Gasteiger charge is 2.13. The summed E-state index contributed by atoms with van der Waals surface area (Å²) in [5, 5.41) is 1.05. The van der Waals surface area contributed by atoms with E-state index in [2.05, 4.69) is 16.6 Å². The highest BCUT2D eigenvalue weighted by molar-refractivity contribution is 7.90. The van der Waals surface area contributed by atoms with Crippen molar-refractivity contribution in [1.82, 2.24) is 9.29 Å². The number of aromatic amines is 1. The number of fused-ring (bicyclic) bond motifs is 1. The lowest BCUT2D eigenvalue weighted by Crippen LogP contribution is -2.28. The molecule has 0 unspecified atom stereocenters. The Morgan fingerprint density at radius 1 is 1.33 bits per heavy atom. The maximum atomic E-state index is 11.7. The normalized spacial score (nSPS) is 12.2. The van der Waals surface area contributed by atoms with Gasteiger partial charge in [0.05, 0.1) is 5.69 Å². The average molecular weight is 267 g/mol. The minimum Gasteiger partial charge on any atom is -0.361 e. The SMILES string of the molecule is CCc1c[nH]c2ccc(NS(=O)(=O)N(C)C)cc12. The molecule has 0 radical (unpaired) electrons. The molecule has 2 rings (SSSR count). The quantitative estimate of drug-likeness (QED) is 0.889. The molecule has 0 bridgehead atoms. The summed E-state index contributed by atoms with van der Waals surface area (Å²) >= 11 is 0. The molecule has 0 aliphatic heterocycles. The molecule has 0 fully saturated rings. The van der Waals surface area contributed by atoms with Crippen molar-refractivity contribution >= 4 is 26.8 Å². The fourth-order valence-electron chi connectivity index (χ4n) is 1.77. The molecule has 1 aromatic carbocycles. The second-order valence-corrected chi connectivity index (χ2v) is 6.20. The van der Waals surface area contributed by atoms with Gasteiger partial charge in [0.1, 0.15) is 0 Å². The van der Waals surface area contributed by atoms with E-state index in [9.17, 15) is 8.42 Å². The number of benzene rings is 1. The van der Waals surface area contributed by atoms with Crippen LogP contribution in [-0.4, -0.2) is 31.8 Å². The van der Waals surface area contributed by atoms with Gasteiger partial charge in [-0.1, -0.05) is 6.92 Å². The molecule has 0 spiro atoms. The number of anilines is 1. The van der Waals surface area contributed by atoms with Gasteiger partial charge in [-0.2, -0.15) is 12.7 Å². The lowest BCUT2D eigenvalue weighted by Gasteiger charge is -2.13. The van der Waals surface area contributed by atoms with E-state index in [0.717, 1.165) is 21.6 Å². The van der Waals surface area contributed by atoms with Crippen LogP contribution >= 0.6 is 0 Å². The number of H-pyrrole nitrogens is 1. The summed E-state index contributed by atoms with van der Waals surface area (Å²) in [5.74, 6) is 0. The number of aryl methyl sites for hydroxylation is 1. The Labute approximate surface area is 107 Å². The molecule has 0 aliphatic rings. The van der Waals surface area contributed by atoms with Crippen molar-refractivity contribution in [3.05, 3.63) is 30.0 Å². The summed E-state index contributed by atoms with van der Waals surface area (Å²) in [6.45, 7) is 2.07. The third-order valence-electron chi connectivity index (χ3n) is 2.88. The zero-order chi connectivity index (χ0) is 13.3. The van der Waals surface area contributed by atoms with Crippen molar-refractivity contribution in [1.29, 1.82) is 0 Å². The number of hydrogen-bond donors (Lipinski definition) is 2. The Morgan fingerprint density at radius 2 is 2.06 bits per heavy atom. The van der Waals surface area contributed by atoms with Crippen LogP contribution in [0.3, 0.4) is 0 Å². The monoisotopic (exact) mass is 267 g/mol. The van der Waals surface area contributed by atoms with Gasteiger partial charge in [0.25, 0.3) is 0 Å². The molecule has 0 saturated heterocycles. The van der Waals surface area contributed by atoms with Crippen molar-refractivity contribution in [2.75, 3.05) is 18.8 Å². The molecule has 1 aromatic heterocycles. The zero-order valence-corrected chi connectivity index (χ0v) is 11.5. The highest BCUT2D eigenvalue weighted by Crippen LogP contribution is 2.23. The average Bonchev–Trinajstić information content (AvgIpc) is 2.70. The van der Waals surface area contributed by atoms with E-state index < -0.39 is 10.2 Å². The topological polar surface area (TPSA) is 65.2 Å². The maximum Gasteiger partial charge on any atom is 0.301 e. The third-order valence-corrected chi connectivity index (χ3v) is 4.33. The number of rotatable bonds is 4. The van der Waals surface area contributed by atoms with Gasteiger partial charge in [0.2, 0.25) is 0 Å². The van der Waals surface area contributed by atoms with E-state index in [1.165, 1.54) is 19.7 Å². The van der Waals surface area contributed by atoms with E-state index in [1.54, 1.807) is 6.07 Å². The van der Waals surface area contributed by atoms with E-state index in [0.29, 0.717) is 5.69 Å². The standard InChI is InChI=1S/C12H17N3O2S/c1-4-9-8-13-12-6-5-10(7-11(9)12)14-18(16,17)15(2)3/h5-8,13-14H,4H2,1-3H3. The molecule has 1 heterocycles. The Hall–Kier alpha value is -1.53. The predicted molar refractivity (Wildman–Crippen MR) is 73.9 cm³/mol. The first-order valence-corrected chi connectivity index (χ1v) is 7.18. The molecular formula is C12H17N3O2S. The highest BCUT2D eigenvalue weighted by atomic mass is 32.2. The maximum absolute atomic E-state index is 11.7. The lowest BCUT2D eigenvalue weighted by molar-refractivity contribution is 0.527. The summed E-state index contributed by atoms with van der Waals surface area (Å²) in [6.07, 6.45) is 2.86. The van der Waals surface area contributed by atoms with Gasteiger partial charge < -0.3 is 4.98 Å². The van der Waals surface area contributed by atoms with Crippen LogP contribution in [0.2, 0.25) is 0 Å². The minimum atomic E-state index is -3.45. The molecule has 0 atom stereocenters. The first-order valence-electron chi connectivity index (χ1n) is 5.74. The lowest BCUT2D eigenvalue weighted by atomic mass is 10.1. The number of hydrogen-bond acceptors (Lipinski definition) is 2. The van der Waals surface area contributed by atoms with E-state index >= 15 is 0 Å². The fourth-order valence-corrected chi connectivity index (χ4v) is 2.38. The number of aromatic nitrogens is 1. The van der Waals surface area contributed by atoms with Crippen LogP contribution in [0.15, 0.2) is 24.4 Å². The van der Waals surface area contributed by atoms with E-state index in [1.807, 2.05) is 18.3 Å². The van der Waals surface area contributed by atoms with Crippen LogP contribution in [0.1, 0.15) is 12.5 Å². The number of nitrogens with zero attached hydrogens (tertiary/aromatic N) is 1. The first-order chi connectivity index (χ1) is 8.44. The molecule has 2 aromatic rings. The Morgan fingerprint density at radius 3 is 2.67 bits per heavy atom. The largest absolute Gasteiger partial charge is 0.361 e. The van der Waals surface area contributed by atoms with Gasteiger partial charge in [-0.05, 0) is 30.2 Å². The smallest absolute Gasteiger partial charge is 0.301 e. The van der Waals surface area contributed by atoms with Crippen molar-refractivity contribution < 1.29 is 8.42 Å². The fraction of sp³-hybridized carbons (Fsp3) is 0.333. The molecule has 18 heavy (non-hydrogen) atoms. The van der Waals surface area contributed by atoms with Crippen LogP contribution in [0.5, 0.6) is 0 Å². The van der Waals surface area contributed by atoms with Crippen molar-refractivity contribution in [3.63, 3.8) is 0 Å². The first kappa shape index (κ1) is 12.9. The van der Waals surface area contributed by atoms with Gasteiger partial charge >= 0.3 is 10.2 Å². The molecule has 2 N–H and O–H groups in total. The number of nitrogens with one attached hydrogen (secondary N) is 2. The van der Waals surface area contributed by atoms with E-state index in [4.69, 9.17) is 0 Å². The van der Waals surface area contributed by atoms with Gasteiger partial charge in [0.15, 0.2) is 0 Å². The second-order valence-electron chi connectivity index (χ2n) is 4.32. The summed E-state index contributed by atoms with van der Waals surface area (Å²) in [5.41, 5.74) is 2.76. The summed E-state index contributed by atoms with van der Waals surface area (Å²) in [7, 11) is -0.460. The van der Waals surface area contributed by atoms with Crippen LogP contribution in [0.4, 0.5) is 5.69 Å². The predicted octanol–water partition coefficient (Wildman–Crippen LogP) is 1.95. The van der Waals surface area contributed by atoms with Crippen molar-refractivity contribution in [2.24, 2.45) is 0 Å². The zero-order valence-electron chi connectivity index (χ0n) is 10.7. The van der Waals surface area contributed by atoms with E-state index in [-0.39, 0.29) is 0 Å². The van der Waals surface area contributed by atoms with Crippen LogP contribution in [-0.2, 0) is 16.6 Å². The molecule has 5 nitrogen and oxygen atoms in total. The molecule has 0 saturated carbocycles. The van der Waals surface area contributed by atoms with Crippen molar-refractivity contribution in [3.8, 4) is 0 Å². The third kappa shape index (κ3) is 2.34. The van der Waals surface area contributed by atoms with Crippen LogP contribution in [0, 0.1) is 0 Å². The molecule has 6 heteroatoms. The van der Waals surface area contributed by atoms with Gasteiger partial charge in [-0.15, -0.1) is 0 Å². The minimum absolute atomic E-state index is 0.575. The van der Waals surface area contributed by atoms with Crippen LogP contribution < -0.4 is 4.72 Å².